The van der Waals surface area contributed by atoms with E-state index in [0.29, 0.717) is 6.42 Å². The Balaban J connectivity index is 1.76. The quantitative estimate of drug-likeness (QED) is 0.620. The molecule has 0 aromatic carbocycles. The molecular formula is C15H27NO2. The van der Waals surface area contributed by atoms with E-state index in [0.717, 1.165) is 38.5 Å². The smallest absolute Gasteiger partial charge is 0.307 e. The van der Waals surface area contributed by atoms with Crippen LogP contribution >= 0.6 is 0 Å². The van der Waals surface area contributed by atoms with Gasteiger partial charge in [-0.15, -0.1) is 0 Å². The molecule has 3 heteroatoms. The van der Waals surface area contributed by atoms with Crippen LogP contribution in [0.5, 0.6) is 0 Å². The van der Waals surface area contributed by atoms with E-state index in [1.165, 1.54) is 32.1 Å². The lowest BCUT2D eigenvalue weighted by atomic mass is 9.80. The van der Waals surface area contributed by atoms with Gasteiger partial charge in [-0.25, -0.2) is 0 Å². The molecule has 18 heavy (non-hydrogen) atoms. The van der Waals surface area contributed by atoms with Crippen LogP contribution in [-0.2, 0) is 9.53 Å². The van der Waals surface area contributed by atoms with Gasteiger partial charge >= 0.3 is 5.97 Å². The maximum atomic E-state index is 12.0. The lowest BCUT2D eigenvalue weighted by Crippen LogP contribution is -2.44. The molecule has 0 bridgehead atoms. The minimum absolute atomic E-state index is 0.0636. The van der Waals surface area contributed by atoms with Gasteiger partial charge in [-0.05, 0) is 38.5 Å². The summed E-state index contributed by atoms with van der Waals surface area (Å²) in [4.78, 5) is 12.0. The number of esters is 1. The molecule has 2 fully saturated rings. The van der Waals surface area contributed by atoms with Crippen LogP contribution in [0.3, 0.4) is 0 Å². The van der Waals surface area contributed by atoms with Crippen LogP contribution in [-0.4, -0.2) is 17.6 Å². The van der Waals surface area contributed by atoms with E-state index in [1.807, 2.05) is 0 Å². The molecule has 2 rings (SSSR count). The maximum Gasteiger partial charge on any atom is 0.307 e. The molecular weight excluding hydrogens is 226 g/mol. The highest BCUT2D eigenvalue weighted by Gasteiger charge is 2.31. The van der Waals surface area contributed by atoms with Gasteiger partial charge in [-0.1, -0.05) is 32.1 Å². The number of carbonyl (C=O) groups is 1. The average Bonchev–Trinajstić information content (AvgIpc) is 2.57. The fraction of sp³-hybridized carbons (Fsp3) is 0.933. The highest BCUT2D eigenvalue weighted by Crippen LogP contribution is 2.29. The molecule has 0 unspecified atom stereocenters. The molecule has 104 valence electrons. The molecule has 0 aromatic rings. The summed E-state index contributed by atoms with van der Waals surface area (Å²) in [5.41, 5.74) is 6.02. The van der Waals surface area contributed by atoms with Crippen molar-refractivity contribution in [2.45, 2.75) is 88.7 Å². The van der Waals surface area contributed by atoms with E-state index in [9.17, 15) is 4.79 Å². The summed E-state index contributed by atoms with van der Waals surface area (Å²) in [5.74, 6) is -0.0636. The van der Waals surface area contributed by atoms with E-state index in [2.05, 4.69) is 0 Å². The van der Waals surface area contributed by atoms with Gasteiger partial charge < -0.3 is 10.5 Å². The molecule has 0 radical (unpaired) electrons. The Hall–Kier alpha value is -0.570. The first-order valence-corrected chi connectivity index (χ1v) is 7.66. The molecule has 0 saturated heterocycles. The van der Waals surface area contributed by atoms with Gasteiger partial charge in [0.25, 0.3) is 0 Å². The Morgan fingerprint density at radius 2 is 1.56 bits per heavy atom. The normalized spacial score (nSPS) is 25.4. The molecule has 2 aliphatic rings. The predicted molar refractivity (Wildman–Crippen MR) is 72.2 cm³/mol. The minimum atomic E-state index is -0.278. The molecule has 0 spiro atoms. The van der Waals surface area contributed by atoms with Crippen molar-refractivity contribution < 1.29 is 9.53 Å². The van der Waals surface area contributed by atoms with Crippen molar-refractivity contribution in [3.8, 4) is 0 Å². The predicted octanol–water partition coefficient (Wildman–Crippen LogP) is 3.30. The molecule has 0 aliphatic heterocycles. The molecule has 2 N–H and O–H groups in total. The monoisotopic (exact) mass is 253 g/mol. The van der Waals surface area contributed by atoms with Crippen molar-refractivity contribution in [2.24, 2.45) is 5.73 Å². The van der Waals surface area contributed by atoms with Crippen molar-refractivity contribution in [1.82, 2.24) is 0 Å². The minimum Gasteiger partial charge on any atom is -0.462 e. The summed E-state index contributed by atoms with van der Waals surface area (Å²) in [5, 5.41) is 0. The third kappa shape index (κ3) is 4.27. The summed E-state index contributed by atoms with van der Waals surface area (Å²) in [6.07, 6.45) is 13.2. The summed E-state index contributed by atoms with van der Waals surface area (Å²) < 4.78 is 5.62. The number of ether oxygens (including phenoxy) is 1. The first-order chi connectivity index (χ1) is 8.68. The molecule has 3 nitrogen and oxygen atoms in total. The molecule has 0 amide bonds. The molecule has 0 heterocycles. The number of rotatable bonds is 3. The molecule has 2 aliphatic carbocycles. The zero-order chi connectivity index (χ0) is 12.8. The van der Waals surface area contributed by atoms with Gasteiger partial charge in [0.2, 0.25) is 0 Å². The fourth-order valence-electron chi connectivity index (χ4n) is 3.31. The zero-order valence-electron chi connectivity index (χ0n) is 11.5. The first-order valence-electron chi connectivity index (χ1n) is 7.66. The fourth-order valence-corrected chi connectivity index (χ4v) is 3.31. The third-order valence-electron chi connectivity index (χ3n) is 4.45. The second-order valence-corrected chi connectivity index (χ2v) is 6.20. The van der Waals surface area contributed by atoms with Gasteiger partial charge in [0, 0.05) is 5.54 Å². The van der Waals surface area contributed by atoms with Crippen molar-refractivity contribution in [3.05, 3.63) is 0 Å². The van der Waals surface area contributed by atoms with E-state index in [-0.39, 0.29) is 17.6 Å². The van der Waals surface area contributed by atoms with Crippen LogP contribution in [0.2, 0.25) is 0 Å². The molecule has 2 saturated carbocycles. The lowest BCUT2D eigenvalue weighted by molar-refractivity contribution is -0.151. The standard InChI is InChI=1S/C15H27NO2/c16-15(10-6-3-7-11-15)12-14(17)18-13-8-4-1-2-5-9-13/h13H,1-12,16H2. The van der Waals surface area contributed by atoms with Gasteiger partial charge in [0.1, 0.15) is 6.10 Å². The van der Waals surface area contributed by atoms with Gasteiger partial charge in [0.15, 0.2) is 0 Å². The van der Waals surface area contributed by atoms with E-state index in [1.54, 1.807) is 0 Å². The highest BCUT2D eigenvalue weighted by molar-refractivity contribution is 5.71. The largest absolute Gasteiger partial charge is 0.462 e. The van der Waals surface area contributed by atoms with Crippen molar-refractivity contribution in [2.75, 3.05) is 0 Å². The zero-order valence-corrected chi connectivity index (χ0v) is 11.5. The number of nitrogens with two attached hydrogens (primary N) is 1. The van der Waals surface area contributed by atoms with Crippen LogP contribution in [0.25, 0.3) is 0 Å². The van der Waals surface area contributed by atoms with Crippen LogP contribution in [0.15, 0.2) is 0 Å². The molecule has 0 aromatic heterocycles. The second kappa shape index (κ2) is 6.55. The summed E-state index contributed by atoms with van der Waals surface area (Å²) in [6, 6.07) is 0. The van der Waals surface area contributed by atoms with Gasteiger partial charge in [-0.2, -0.15) is 0 Å². The van der Waals surface area contributed by atoms with Crippen LogP contribution in [0, 0.1) is 0 Å². The van der Waals surface area contributed by atoms with Crippen molar-refractivity contribution in [3.63, 3.8) is 0 Å². The van der Waals surface area contributed by atoms with E-state index >= 15 is 0 Å². The van der Waals surface area contributed by atoms with Crippen LogP contribution in [0.1, 0.15) is 77.0 Å². The second-order valence-electron chi connectivity index (χ2n) is 6.20. The van der Waals surface area contributed by atoms with Crippen molar-refractivity contribution in [1.29, 1.82) is 0 Å². The third-order valence-corrected chi connectivity index (χ3v) is 4.45. The molecule has 0 atom stereocenters. The van der Waals surface area contributed by atoms with E-state index in [4.69, 9.17) is 10.5 Å². The van der Waals surface area contributed by atoms with Crippen LogP contribution < -0.4 is 5.73 Å². The SMILES string of the molecule is NC1(CC(=O)OC2CCCCCC2)CCCCC1. The van der Waals surface area contributed by atoms with Gasteiger partial charge in [-0.3, -0.25) is 4.79 Å². The number of hydrogen-bond acceptors (Lipinski definition) is 3. The Bertz CT molecular complexity index is 264. The summed E-state index contributed by atoms with van der Waals surface area (Å²) in [7, 11) is 0. The van der Waals surface area contributed by atoms with Gasteiger partial charge in [0.05, 0.1) is 6.42 Å². The van der Waals surface area contributed by atoms with Crippen LogP contribution in [0.4, 0.5) is 0 Å². The average molecular weight is 253 g/mol. The van der Waals surface area contributed by atoms with E-state index < -0.39 is 0 Å². The first kappa shape index (κ1) is 13.9. The summed E-state index contributed by atoms with van der Waals surface area (Å²) in [6.45, 7) is 0. The highest BCUT2D eigenvalue weighted by atomic mass is 16.5. The Morgan fingerprint density at radius 1 is 1.00 bits per heavy atom. The number of carbonyl (C=O) groups excluding carboxylic acids is 1. The number of hydrogen-bond donors (Lipinski definition) is 1. The lowest BCUT2D eigenvalue weighted by Gasteiger charge is -2.32. The maximum absolute atomic E-state index is 12.0. The Kier molecular flexibility index (Phi) is 5.04. The Morgan fingerprint density at radius 3 is 2.17 bits per heavy atom. The topological polar surface area (TPSA) is 52.3 Å². The Labute approximate surface area is 110 Å². The summed E-state index contributed by atoms with van der Waals surface area (Å²) >= 11 is 0. The van der Waals surface area contributed by atoms with Crippen molar-refractivity contribution >= 4 is 5.97 Å².